The molecule has 0 aromatic heterocycles. The summed E-state index contributed by atoms with van der Waals surface area (Å²) in [6.07, 6.45) is 1.45. The van der Waals surface area contributed by atoms with E-state index in [1.807, 2.05) is 6.92 Å². The Morgan fingerprint density at radius 2 is 2.00 bits per heavy atom. The number of halogens is 1. The lowest BCUT2D eigenvalue weighted by molar-refractivity contribution is -0.126. The number of aromatic carboxylic acids is 1. The number of carboxylic acid groups (broad SMARTS) is 1. The summed E-state index contributed by atoms with van der Waals surface area (Å²) in [5, 5.41) is 15.2. The average Bonchev–Trinajstić information content (AvgIpc) is 2.39. The van der Waals surface area contributed by atoms with Gasteiger partial charge in [-0.05, 0) is 38.1 Å². The predicted octanol–water partition coefficient (Wildman–Crippen LogP) is 2.37. The van der Waals surface area contributed by atoms with Gasteiger partial charge in [-0.15, -0.1) is 0 Å². The molecule has 0 saturated carbocycles. The van der Waals surface area contributed by atoms with Crippen molar-refractivity contribution in [3.05, 3.63) is 28.8 Å². The number of anilines is 1. The van der Waals surface area contributed by atoms with E-state index in [0.29, 0.717) is 0 Å². The maximum Gasteiger partial charge on any atom is 0.339 e. The average molecular weight is 297 g/mol. The minimum atomic E-state index is -1.15. The maximum atomic E-state index is 12.4. The van der Waals surface area contributed by atoms with Gasteiger partial charge in [0.1, 0.15) is 5.56 Å². The topological polar surface area (TPSA) is 78.4 Å². The molecule has 0 unspecified atom stereocenters. The molecule has 1 heterocycles. The van der Waals surface area contributed by atoms with Crippen molar-refractivity contribution >= 4 is 29.2 Å². The van der Waals surface area contributed by atoms with Crippen molar-refractivity contribution < 1.29 is 14.7 Å². The first-order valence-corrected chi connectivity index (χ1v) is 6.86. The van der Waals surface area contributed by atoms with Crippen molar-refractivity contribution in [2.45, 2.75) is 19.8 Å². The Balaban J connectivity index is 2.24. The molecule has 6 heteroatoms. The van der Waals surface area contributed by atoms with Crippen LogP contribution >= 0.6 is 11.6 Å². The first-order valence-electron chi connectivity index (χ1n) is 6.48. The zero-order valence-electron chi connectivity index (χ0n) is 11.2. The van der Waals surface area contributed by atoms with E-state index >= 15 is 0 Å². The van der Waals surface area contributed by atoms with Crippen LogP contribution in [-0.4, -0.2) is 30.1 Å². The molecule has 0 atom stereocenters. The molecule has 108 valence electrons. The number of carbonyl (C=O) groups is 2. The van der Waals surface area contributed by atoms with Crippen LogP contribution in [0.25, 0.3) is 0 Å². The number of benzene rings is 1. The van der Waals surface area contributed by atoms with Crippen LogP contribution in [0.15, 0.2) is 18.2 Å². The van der Waals surface area contributed by atoms with Crippen LogP contribution in [0, 0.1) is 5.41 Å². The summed E-state index contributed by atoms with van der Waals surface area (Å²) in [7, 11) is 0. The highest BCUT2D eigenvalue weighted by molar-refractivity contribution is 6.34. The largest absolute Gasteiger partial charge is 0.478 e. The second-order valence-electron chi connectivity index (χ2n) is 5.23. The van der Waals surface area contributed by atoms with Gasteiger partial charge in [0.05, 0.1) is 10.7 Å². The number of carboxylic acids is 1. The van der Waals surface area contributed by atoms with Crippen molar-refractivity contribution in [1.29, 1.82) is 0 Å². The number of piperidine rings is 1. The molecule has 1 amide bonds. The van der Waals surface area contributed by atoms with Crippen molar-refractivity contribution in [3.8, 4) is 0 Å². The van der Waals surface area contributed by atoms with Crippen LogP contribution in [0.2, 0.25) is 5.02 Å². The van der Waals surface area contributed by atoms with Crippen molar-refractivity contribution in [3.63, 3.8) is 0 Å². The van der Waals surface area contributed by atoms with Crippen LogP contribution in [-0.2, 0) is 4.79 Å². The van der Waals surface area contributed by atoms with Crippen molar-refractivity contribution in [2.24, 2.45) is 5.41 Å². The number of nitrogens with one attached hydrogen (secondary N) is 2. The standard InChI is InChI=1S/C14H17ClN2O3/c1-14(5-7-16-8-6-14)13(20)17-10-4-2-3-9(15)11(10)12(18)19/h2-4,16H,5-8H2,1H3,(H,17,20)(H,18,19). The van der Waals surface area contributed by atoms with E-state index < -0.39 is 11.4 Å². The lowest BCUT2D eigenvalue weighted by Crippen LogP contribution is -2.43. The van der Waals surface area contributed by atoms with E-state index in [1.165, 1.54) is 6.07 Å². The third-order valence-corrected chi connectivity index (χ3v) is 4.05. The molecular formula is C14H17ClN2O3. The zero-order chi connectivity index (χ0) is 14.8. The van der Waals surface area contributed by atoms with Crippen LogP contribution in [0.1, 0.15) is 30.1 Å². The summed E-state index contributed by atoms with van der Waals surface area (Å²) in [6.45, 7) is 3.46. The molecule has 1 saturated heterocycles. The lowest BCUT2D eigenvalue weighted by atomic mass is 9.80. The Labute approximate surface area is 122 Å². The number of amides is 1. The van der Waals surface area contributed by atoms with Gasteiger partial charge in [0.15, 0.2) is 0 Å². The van der Waals surface area contributed by atoms with Crippen LogP contribution < -0.4 is 10.6 Å². The third kappa shape index (κ3) is 2.94. The Morgan fingerprint density at radius 3 is 2.60 bits per heavy atom. The third-order valence-electron chi connectivity index (χ3n) is 3.73. The fourth-order valence-electron chi connectivity index (χ4n) is 2.32. The number of hydrogen-bond acceptors (Lipinski definition) is 3. The first-order chi connectivity index (χ1) is 9.44. The summed E-state index contributed by atoms with van der Waals surface area (Å²) >= 11 is 5.89. The molecule has 0 aliphatic carbocycles. The highest BCUT2D eigenvalue weighted by Crippen LogP contribution is 2.31. The van der Waals surface area contributed by atoms with E-state index in [4.69, 9.17) is 11.6 Å². The van der Waals surface area contributed by atoms with E-state index in [0.717, 1.165) is 25.9 Å². The molecular weight excluding hydrogens is 280 g/mol. The summed E-state index contributed by atoms with van der Waals surface area (Å²) in [4.78, 5) is 23.6. The fraction of sp³-hybridized carbons (Fsp3) is 0.429. The van der Waals surface area contributed by atoms with Gasteiger partial charge in [-0.1, -0.05) is 24.6 Å². The number of hydrogen-bond donors (Lipinski definition) is 3. The van der Waals surface area contributed by atoms with Gasteiger partial charge in [-0.25, -0.2) is 4.79 Å². The Hall–Kier alpha value is -1.59. The lowest BCUT2D eigenvalue weighted by Gasteiger charge is -2.32. The van der Waals surface area contributed by atoms with E-state index in [2.05, 4.69) is 10.6 Å². The normalized spacial score (nSPS) is 17.5. The molecule has 20 heavy (non-hydrogen) atoms. The second-order valence-corrected chi connectivity index (χ2v) is 5.64. The first kappa shape index (κ1) is 14.8. The maximum absolute atomic E-state index is 12.4. The molecule has 1 aromatic carbocycles. The van der Waals surface area contributed by atoms with Crippen LogP contribution in [0.3, 0.4) is 0 Å². The van der Waals surface area contributed by atoms with E-state index in [1.54, 1.807) is 12.1 Å². The summed E-state index contributed by atoms with van der Waals surface area (Å²) in [5.41, 5.74) is -0.307. The Kier molecular flexibility index (Phi) is 4.30. The Morgan fingerprint density at radius 1 is 1.35 bits per heavy atom. The predicted molar refractivity (Wildman–Crippen MR) is 77.3 cm³/mol. The molecule has 1 aliphatic rings. The fourth-order valence-corrected chi connectivity index (χ4v) is 2.58. The van der Waals surface area contributed by atoms with Crippen LogP contribution in [0.5, 0.6) is 0 Å². The van der Waals surface area contributed by atoms with Gasteiger partial charge in [0, 0.05) is 5.41 Å². The highest BCUT2D eigenvalue weighted by atomic mass is 35.5. The van der Waals surface area contributed by atoms with Gasteiger partial charge in [0.2, 0.25) is 5.91 Å². The van der Waals surface area contributed by atoms with Gasteiger partial charge in [0.25, 0.3) is 0 Å². The quantitative estimate of drug-likeness (QED) is 0.800. The minimum Gasteiger partial charge on any atom is -0.478 e. The molecule has 0 spiro atoms. The molecule has 1 aromatic rings. The Bertz CT molecular complexity index is 539. The highest BCUT2D eigenvalue weighted by Gasteiger charge is 2.35. The zero-order valence-corrected chi connectivity index (χ0v) is 12.0. The monoisotopic (exact) mass is 296 g/mol. The molecule has 0 bridgehead atoms. The SMILES string of the molecule is CC1(C(=O)Nc2cccc(Cl)c2C(=O)O)CCNCC1. The molecule has 1 fully saturated rings. The summed E-state index contributed by atoms with van der Waals surface area (Å²) in [6, 6.07) is 4.67. The van der Waals surface area contributed by atoms with E-state index in [-0.39, 0.29) is 22.2 Å². The van der Waals surface area contributed by atoms with Gasteiger partial charge < -0.3 is 15.7 Å². The second kappa shape index (κ2) is 5.81. The van der Waals surface area contributed by atoms with Gasteiger partial charge in [-0.2, -0.15) is 0 Å². The molecule has 3 N–H and O–H groups in total. The number of carbonyl (C=O) groups excluding carboxylic acids is 1. The summed E-state index contributed by atoms with van der Waals surface area (Å²) in [5.74, 6) is -1.31. The van der Waals surface area contributed by atoms with Crippen LogP contribution in [0.4, 0.5) is 5.69 Å². The van der Waals surface area contributed by atoms with E-state index in [9.17, 15) is 14.7 Å². The van der Waals surface area contributed by atoms with Gasteiger partial charge >= 0.3 is 5.97 Å². The minimum absolute atomic E-state index is 0.0694. The van der Waals surface area contributed by atoms with Crippen molar-refractivity contribution in [2.75, 3.05) is 18.4 Å². The van der Waals surface area contributed by atoms with Gasteiger partial charge in [-0.3, -0.25) is 4.79 Å². The molecule has 5 nitrogen and oxygen atoms in total. The smallest absolute Gasteiger partial charge is 0.339 e. The molecule has 1 aliphatic heterocycles. The summed E-state index contributed by atoms with van der Waals surface area (Å²) < 4.78 is 0. The molecule has 2 rings (SSSR count). The number of rotatable bonds is 3. The van der Waals surface area contributed by atoms with Crippen molar-refractivity contribution in [1.82, 2.24) is 5.32 Å². The molecule has 0 radical (unpaired) electrons.